The van der Waals surface area contributed by atoms with Gasteiger partial charge in [-0.05, 0) is 24.7 Å². The zero-order valence-electron chi connectivity index (χ0n) is 20.0. The number of carboxylic acid groups (broad SMARTS) is 2. The number of carboxylic acids is 2. The van der Waals surface area contributed by atoms with Crippen LogP contribution in [0.5, 0.6) is 0 Å². The van der Waals surface area contributed by atoms with Crippen LogP contribution < -0.4 is 27.4 Å². The second kappa shape index (κ2) is 14.8. The summed E-state index contributed by atoms with van der Waals surface area (Å²) in [5.74, 6) is -6.36. The molecule has 0 spiro atoms. The predicted molar refractivity (Wildman–Crippen MR) is 121 cm³/mol. The van der Waals surface area contributed by atoms with E-state index < -0.39 is 72.1 Å². The number of carbonyl (C=O) groups is 6. The SMILES string of the molecule is CCC(C)C(NC(=O)C(CC(=O)O)NC(=O)C(N)CC(C)C)C(=O)NC(CCC(N)=O)C(=O)O. The molecule has 0 heterocycles. The van der Waals surface area contributed by atoms with E-state index in [2.05, 4.69) is 16.0 Å². The van der Waals surface area contributed by atoms with E-state index in [0.29, 0.717) is 12.8 Å². The van der Waals surface area contributed by atoms with Crippen LogP contribution in [0, 0.1) is 11.8 Å². The number of nitrogens with one attached hydrogen (secondary N) is 3. The Labute approximate surface area is 198 Å². The lowest BCUT2D eigenvalue weighted by Crippen LogP contribution is -2.59. The van der Waals surface area contributed by atoms with Crippen molar-refractivity contribution in [2.24, 2.45) is 23.3 Å². The summed E-state index contributed by atoms with van der Waals surface area (Å²) in [6, 6.07) is -5.12. The first-order chi connectivity index (χ1) is 15.7. The van der Waals surface area contributed by atoms with Crippen molar-refractivity contribution >= 4 is 35.6 Å². The van der Waals surface area contributed by atoms with E-state index in [4.69, 9.17) is 16.6 Å². The lowest BCUT2D eigenvalue weighted by Gasteiger charge is -2.27. The van der Waals surface area contributed by atoms with Gasteiger partial charge in [-0.25, -0.2) is 4.79 Å². The van der Waals surface area contributed by atoms with E-state index >= 15 is 0 Å². The van der Waals surface area contributed by atoms with Crippen LogP contribution >= 0.6 is 0 Å². The second-order valence-corrected chi connectivity index (χ2v) is 8.67. The van der Waals surface area contributed by atoms with Crippen LogP contribution in [0.25, 0.3) is 0 Å². The molecule has 34 heavy (non-hydrogen) atoms. The van der Waals surface area contributed by atoms with Gasteiger partial charge in [0.1, 0.15) is 18.1 Å². The highest BCUT2D eigenvalue weighted by atomic mass is 16.4. The molecule has 0 aromatic heterocycles. The first-order valence-corrected chi connectivity index (χ1v) is 11.1. The van der Waals surface area contributed by atoms with E-state index in [-0.39, 0.29) is 18.8 Å². The smallest absolute Gasteiger partial charge is 0.326 e. The second-order valence-electron chi connectivity index (χ2n) is 8.67. The summed E-state index contributed by atoms with van der Waals surface area (Å²) in [7, 11) is 0. The Bertz CT molecular complexity index is 757. The molecule has 0 fully saturated rings. The summed E-state index contributed by atoms with van der Waals surface area (Å²) in [5, 5.41) is 25.5. The maximum Gasteiger partial charge on any atom is 0.326 e. The minimum Gasteiger partial charge on any atom is -0.481 e. The van der Waals surface area contributed by atoms with E-state index in [0.717, 1.165) is 0 Å². The van der Waals surface area contributed by atoms with Gasteiger partial charge < -0.3 is 37.6 Å². The number of hydrogen-bond donors (Lipinski definition) is 7. The fourth-order valence-electron chi connectivity index (χ4n) is 3.04. The summed E-state index contributed by atoms with van der Waals surface area (Å²) in [6.07, 6.45) is -0.555. The molecule has 0 aromatic carbocycles. The molecule has 0 radical (unpaired) electrons. The largest absolute Gasteiger partial charge is 0.481 e. The number of rotatable bonds is 16. The summed E-state index contributed by atoms with van der Waals surface area (Å²) in [6.45, 7) is 7.06. The molecule has 194 valence electrons. The highest BCUT2D eigenvalue weighted by molar-refractivity contribution is 5.95. The quantitative estimate of drug-likeness (QED) is 0.137. The molecule has 4 amide bonds. The van der Waals surface area contributed by atoms with E-state index in [9.17, 15) is 33.9 Å². The van der Waals surface area contributed by atoms with Crippen molar-refractivity contribution in [2.45, 2.75) is 84.0 Å². The standard InChI is InChI=1S/C21H37N5O8/c1-5-11(4)17(20(32)24-13(21(33)34)6-7-15(23)27)26-19(31)14(9-16(28)29)25-18(30)12(22)8-10(2)3/h10-14,17H,5-9,22H2,1-4H3,(H2,23,27)(H,24,32)(H,25,30)(H,26,31)(H,28,29)(H,33,34). The normalized spacial score (nSPS) is 15.4. The monoisotopic (exact) mass is 487 g/mol. The van der Waals surface area contributed by atoms with Gasteiger partial charge in [-0.15, -0.1) is 0 Å². The Morgan fingerprint density at radius 2 is 1.41 bits per heavy atom. The lowest BCUT2D eigenvalue weighted by molar-refractivity contribution is -0.144. The highest BCUT2D eigenvalue weighted by Crippen LogP contribution is 2.11. The lowest BCUT2D eigenvalue weighted by atomic mass is 9.97. The summed E-state index contributed by atoms with van der Waals surface area (Å²) >= 11 is 0. The van der Waals surface area contributed by atoms with Gasteiger partial charge in [0.2, 0.25) is 23.6 Å². The molecule has 0 aromatic rings. The van der Waals surface area contributed by atoms with Crippen molar-refractivity contribution in [1.82, 2.24) is 16.0 Å². The van der Waals surface area contributed by atoms with Gasteiger partial charge in [0.15, 0.2) is 0 Å². The van der Waals surface area contributed by atoms with Crippen molar-refractivity contribution in [3.63, 3.8) is 0 Å². The fraction of sp³-hybridized carbons (Fsp3) is 0.714. The number of primary amides is 1. The third-order valence-corrected chi connectivity index (χ3v) is 5.16. The van der Waals surface area contributed by atoms with Gasteiger partial charge in [-0.1, -0.05) is 34.1 Å². The average Bonchev–Trinajstić information content (AvgIpc) is 2.72. The van der Waals surface area contributed by atoms with Crippen molar-refractivity contribution in [1.29, 1.82) is 0 Å². The Balaban J connectivity index is 5.57. The molecule has 0 rings (SSSR count). The third-order valence-electron chi connectivity index (χ3n) is 5.16. The molecule has 5 atom stereocenters. The number of nitrogens with two attached hydrogens (primary N) is 2. The molecule has 0 aliphatic rings. The van der Waals surface area contributed by atoms with Gasteiger partial charge in [0.25, 0.3) is 0 Å². The number of amides is 4. The Hall–Kier alpha value is -3.22. The highest BCUT2D eigenvalue weighted by Gasteiger charge is 2.33. The maximum absolute atomic E-state index is 12.8. The van der Waals surface area contributed by atoms with Crippen LogP contribution in [-0.4, -0.2) is 69.9 Å². The number of hydrogen-bond acceptors (Lipinski definition) is 7. The van der Waals surface area contributed by atoms with E-state index in [1.165, 1.54) is 0 Å². The molecule has 0 aliphatic heterocycles. The molecule has 13 nitrogen and oxygen atoms in total. The maximum atomic E-state index is 12.8. The number of carbonyl (C=O) groups excluding carboxylic acids is 4. The summed E-state index contributed by atoms with van der Waals surface area (Å²) < 4.78 is 0. The van der Waals surface area contributed by atoms with E-state index in [1.54, 1.807) is 13.8 Å². The zero-order valence-corrected chi connectivity index (χ0v) is 20.0. The van der Waals surface area contributed by atoms with Crippen LogP contribution in [0.2, 0.25) is 0 Å². The minimum absolute atomic E-state index is 0.0859. The zero-order chi connectivity index (χ0) is 26.6. The fourth-order valence-corrected chi connectivity index (χ4v) is 3.04. The van der Waals surface area contributed by atoms with Crippen LogP contribution in [0.1, 0.15) is 59.8 Å². The molecule has 5 unspecified atom stereocenters. The Kier molecular flexibility index (Phi) is 13.4. The van der Waals surface area contributed by atoms with Crippen molar-refractivity contribution < 1.29 is 39.0 Å². The van der Waals surface area contributed by atoms with Crippen LogP contribution in [-0.2, 0) is 28.8 Å². The number of aliphatic carboxylic acids is 2. The molecular formula is C21H37N5O8. The van der Waals surface area contributed by atoms with Gasteiger partial charge in [0.05, 0.1) is 12.5 Å². The van der Waals surface area contributed by atoms with Crippen LogP contribution in [0.4, 0.5) is 0 Å². The molecule has 0 bridgehead atoms. The average molecular weight is 488 g/mol. The molecule has 9 N–H and O–H groups in total. The molecule has 0 saturated carbocycles. The molecule has 0 aliphatic carbocycles. The van der Waals surface area contributed by atoms with Crippen LogP contribution in [0.3, 0.4) is 0 Å². The van der Waals surface area contributed by atoms with Gasteiger partial charge >= 0.3 is 11.9 Å². The first-order valence-electron chi connectivity index (χ1n) is 11.1. The Morgan fingerprint density at radius 3 is 1.85 bits per heavy atom. The van der Waals surface area contributed by atoms with Crippen molar-refractivity contribution in [3.05, 3.63) is 0 Å². The summed E-state index contributed by atoms with van der Waals surface area (Å²) in [4.78, 5) is 71.7. The molecule has 13 heteroatoms. The molecular weight excluding hydrogens is 450 g/mol. The molecule has 0 saturated heterocycles. The van der Waals surface area contributed by atoms with Gasteiger partial charge in [0, 0.05) is 6.42 Å². The summed E-state index contributed by atoms with van der Waals surface area (Å²) in [5.41, 5.74) is 10.8. The van der Waals surface area contributed by atoms with Gasteiger partial charge in [-0.3, -0.25) is 24.0 Å². The first kappa shape index (κ1) is 30.8. The van der Waals surface area contributed by atoms with Crippen LogP contribution in [0.15, 0.2) is 0 Å². The van der Waals surface area contributed by atoms with E-state index in [1.807, 2.05) is 13.8 Å². The minimum atomic E-state index is -1.51. The van der Waals surface area contributed by atoms with Gasteiger partial charge in [-0.2, -0.15) is 0 Å². The van der Waals surface area contributed by atoms with Crippen molar-refractivity contribution in [3.8, 4) is 0 Å². The third kappa shape index (κ3) is 11.6. The Morgan fingerprint density at radius 1 is 0.853 bits per heavy atom. The predicted octanol–water partition coefficient (Wildman–Crippen LogP) is -1.31. The van der Waals surface area contributed by atoms with Crippen molar-refractivity contribution in [2.75, 3.05) is 0 Å². The topological polar surface area (TPSA) is 231 Å².